The first-order valence-corrected chi connectivity index (χ1v) is 13.6. The van der Waals surface area contributed by atoms with Crippen molar-refractivity contribution in [1.29, 1.82) is 0 Å². The highest BCUT2D eigenvalue weighted by Gasteiger charge is 2.43. The SMILES string of the molecule is O=C(O)c1cccc(-c2ccc(CNC(=O)C3CC3c3ccccc3)c3c2CCN(C(=O)c2ccccc2)C3)c1. The Morgan fingerprint density at radius 3 is 2.30 bits per heavy atom. The Balaban J connectivity index is 1.28. The van der Waals surface area contributed by atoms with Gasteiger partial charge >= 0.3 is 5.97 Å². The largest absolute Gasteiger partial charge is 0.478 e. The van der Waals surface area contributed by atoms with Gasteiger partial charge in [0.1, 0.15) is 0 Å². The van der Waals surface area contributed by atoms with Gasteiger partial charge in [0.05, 0.1) is 5.56 Å². The first-order chi connectivity index (χ1) is 19.5. The van der Waals surface area contributed by atoms with Crippen molar-refractivity contribution in [2.75, 3.05) is 6.54 Å². The second kappa shape index (κ2) is 10.8. The van der Waals surface area contributed by atoms with Crippen molar-refractivity contribution in [1.82, 2.24) is 10.2 Å². The van der Waals surface area contributed by atoms with Gasteiger partial charge in [-0.3, -0.25) is 9.59 Å². The van der Waals surface area contributed by atoms with Crippen LogP contribution < -0.4 is 5.32 Å². The molecule has 2 atom stereocenters. The highest BCUT2D eigenvalue weighted by atomic mass is 16.4. The number of carboxylic acid groups (broad SMARTS) is 1. The maximum atomic E-state index is 13.3. The predicted molar refractivity (Wildman–Crippen MR) is 153 cm³/mol. The Hall–Kier alpha value is -4.71. The summed E-state index contributed by atoms with van der Waals surface area (Å²) in [4.78, 5) is 39.8. The smallest absolute Gasteiger partial charge is 0.335 e. The maximum Gasteiger partial charge on any atom is 0.335 e. The molecule has 2 aliphatic rings. The number of nitrogens with zero attached hydrogens (tertiary/aromatic N) is 1. The quantitative estimate of drug-likeness (QED) is 0.322. The normalized spacial score (nSPS) is 17.6. The molecule has 2 amide bonds. The maximum absolute atomic E-state index is 13.3. The molecule has 0 aromatic heterocycles. The molecule has 200 valence electrons. The number of fused-ring (bicyclic) bond motifs is 1. The van der Waals surface area contributed by atoms with Gasteiger partial charge in [0.2, 0.25) is 5.91 Å². The van der Waals surface area contributed by atoms with Crippen LogP contribution in [-0.2, 0) is 24.3 Å². The van der Waals surface area contributed by atoms with E-state index in [0.717, 1.165) is 34.2 Å². The van der Waals surface area contributed by atoms with E-state index >= 15 is 0 Å². The number of benzene rings is 4. The molecule has 6 heteroatoms. The lowest BCUT2D eigenvalue weighted by Gasteiger charge is -2.32. The molecule has 1 saturated carbocycles. The summed E-state index contributed by atoms with van der Waals surface area (Å²) in [5.41, 5.74) is 6.96. The molecule has 1 aliphatic carbocycles. The Bertz CT molecular complexity index is 1580. The average molecular weight is 531 g/mol. The Kier molecular flexibility index (Phi) is 6.91. The summed E-state index contributed by atoms with van der Waals surface area (Å²) in [7, 11) is 0. The van der Waals surface area contributed by atoms with Gasteiger partial charge in [0.15, 0.2) is 0 Å². The monoisotopic (exact) mass is 530 g/mol. The third-order valence-electron chi connectivity index (χ3n) is 8.05. The fourth-order valence-electron chi connectivity index (χ4n) is 5.80. The topological polar surface area (TPSA) is 86.7 Å². The molecule has 0 spiro atoms. The van der Waals surface area contributed by atoms with Crippen molar-refractivity contribution in [3.05, 3.63) is 130 Å². The van der Waals surface area contributed by atoms with Crippen molar-refractivity contribution in [2.45, 2.75) is 31.8 Å². The van der Waals surface area contributed by atoms with Crippen molar-refractivity contribution < 1.29 is 19.5 Å². The third-order valence-corrected chi connectivity index (χ3v) is 8.05. The first kappa shape index (κ1) is 25.6. The number of carboxylic acids is 1. The van der Waals surface area contributed by atoms with E-state index < -0.39 is 5.97 Å². The molecule has 1 heterocycles. The van der Waals surface area contributed by atoms with E-state index in [-0.39, 0.29) is 29.2 Å². The summed E-state index contributed by atoms with van der Waals surface area (Å²) >= 11 is 0. The first-order valence-electron chi connectivity index (χ1n) is 13.6. The lowest BCUT2D eigenvalue weighted by Crippen LogP contribution is -2.37. The molecular formula is C34H30N2O4. The lowest BCUT2D eigenvalue weighted by molar-refractivity contribution is -0.122. The van der Waals surface area contributed by atoms with Gasteiger partial charge in [-0.15, -0.1) is 0 Å². The molecule has 1 aliphatic heterocycles. The van der Waals surface area contributed by atoms with Crippen molar-refractivity contribution >= 4 is 17.8 Å². The van der Waals surface area contributed by atoms with Crippen LogP contribution in [0.1, 0.15) is 55.3 Å². The van der Waals surface area contributed by atoms with Crippen LogP contribution in [0.2, 0.25) is 0 Å². The van der Waals surface area contributed by atoms with Crippen molar-refractivity contribution in [3.63, 3.8) is 0 Å². The Labute approximate surface area is 233 Å². The van der Waals surface area contributed by atoms with Gasteiger partial charge in [-0.2, -0.15) is 0 Å². The molecule has 0 saturated heterocycles. The molecule has 40 heavy (non-hydrogen) atoms. The van der Waals surface area contributed by atoms with E-state index in [9.17, 15) is 19.5 Å². The second-order valence-corrected chi connectivity index (χ2v) is 10.5. The molecule has 4 aromatic carbocycles. The standard InChI is InChI=1S/C34H30N2O4/c37-32(30-19-29(30)22-8-3-1-4-9-22)35-20-26-14-15-27(24-12-7-13-25(18-24)34(39)40)28-16-17-36(21-31(26)28)33(38)23-10-5-2-6-11-23/h1-15,18,29-30H,16-17,19-21H2,(H,35,37)(H,39,40). The zero-order chi connectivity index (χ0) is 27.6. The van der Waals surface area contributed by atoms with Crippen LogP contribution >= 0.6 is 0 Å². The highest BCUT2D eigenvalue weighted by Crippen LogP contribution is 2.47. The molecule has 4 aromatic rings. The second-order valence-electron chi connectivity index (χ2n) is 10.5. The van der Waals surface area contributed by atoms with E-state index in [1.807, 2.05) is 71.6 Å². The van der Waals surface area contributed by atoms with Gasteiger partial charge in [0.25, 0.3) is 5.91 Å². The van der Waals surface area contributed by atoms with Crippen LogP contribution in [0, 0.1) is 5.92 Å². The number of nitrogens with one attached hydrogen (secondary N) is 1. The average Bonchev–Trinajstić information content (AvgIpc) is 3.81. The zero-order valence-corrected chi connectivity index (χ0v) is 22.0. The molecule has 1 fully saturated rings. The molecule has 2 unspecified atom stereocenters. The van der Waals surface area contributed by atoms with Crippen LogP contribution in [0.15, 0.2) is 97.1 Å². The summed E-state index contributed by atoms with van der Waals surface area (Å²) in [6.45, 7) is 1.36. The minimum absolute atomic E-state index is 0.0209. The van der Waals surface area contributed by atoms with E-state index in [4.69, 9.17) is 0 Å². The van der Waals surface area contributed by atoms with Crippen LogP contribution in [0.5, 0.6) is 0 Å². The number of hydrogen-bond donors (Lipinski definition) is 2. The van der Waals surface area contributed by atoms with Gasteiger partial charge < -0.3 is 15.3 Å². The van der Waals surface area contributed by atoms with Crippen molar-refractivity contribution in [3.8, 4) is 11.1 Å². The lowest BCUT2D eigenvalue weighted by atomic mass is 9.87. The zero-order valence-electron chi connectivity index (χ0n) is 22.0. The van der Waals surface area contributed by atoms with Crippen LogP contribution in [-0.4, -0.2) is 34.3 Å². The van der Waals surface area contributed by atoms with Crippen LogP contribution in [0.25, 0.3) is 11.1 Å². The van der Waals surface area contributed by atoms with E-state index in [1.165, 1.54) is 5.56 Å². The molecule has 0 bridgehead atoms. The summed E-state index contributed by atoms with van der Waals surface area (Å²) in [6, 6.07) is 30.4. The number of aromatic carboxylic acids is 1. The predicted octanol–water partition coefficient (Wildman–Crippen LogP) is 5.67. The van der Waals surface area contributed by atoms with Gasteiger partial charge in [0, 0.05) is 31.1 Å². The fourth-order valence-corrected chi connectivity index (χ4v) is 5.80. The number of hydrogen-bond acceptors (Lipinski definition) is 3. The van der Waals surface area contributed by atoms with Crippen molar-refractivity contribution in [2.24, 2.45) is 5.92 Å². The number of rotatable bonds is 7. The summed E-state index contributed by atoms with van der Waals surface area (Å²) < 4.78 is 0. The molecular weight excluding hydrogens is 500 g/mol. The summed E-state index contributed by atoms with van der Waals surface area (Å²) in [6.07, 6.45) is 1.49. The molecule has 2 N–H and O–H groups in total. The van der Waals surface area contributed by atoms with Gasteiger partial charge in [-0.25, -0.2) is 4.79 Å². The number of carbonyl (C=O) groups excluding carboxylic acids is 2. The summed E-state index contributed by atoms with van der Waals surface area (Å²) in [5.74, 6) is -0.703. The van der Waals surface area contributed by atoms with Crippen LogP contribution in [0.3, 0.4) is 0 Å². The fraction of sp³-hybridized carbons (Fsp3) is 0.206. The number of carbonyl (C=O) groups is 3. The molecule has 6 rings (SSSR count). The van der Waals surface area contributed by atoms with Crippen LogP contribution in [0.4, 0.5) is 0 Å². The van der Waals surface area contributed by atoms with E-state index in [1.54, 1.807) is 18.2 Å². The van der Waals surface area contributed by atoms with E-state index in [2.05, 4.69) is 17.4 Å². The number of amides is 2. The Morgan fingerprint density at radius 2 is 1.55 bits per heavy atom. The summed E-state index contributed by atoms with van der Waals surface area (Å²) in [5, 5.41) is 12.7. The van der Waals surface area contributed by atoms with E-state index in [0.29, 0.717) is 31.6 Å². The minimum atomic E-state index is -0.969. The minimum Gasteiger partial charge on any atom is -0.478 e. The third kappa shape index (κ3) is 5.13. The highest BCUT2D eigenvalue weighted by molar-refractivity contribution is 5.94. The van der Waals surface area contributed by atoms with Gasteiger partial charge in [-0.1, -0.05) is 72.8 Å². The van der Waals surface area contributed by atoms with Gasteiger partial charge in [-0.05, 0) is 76.4 Å². The Morgan fingerprint density at radius 1 is 0.825 bits per heavy atom. The molecule has 0 radical (unpaired) electrons. The molecule has 6 nitrogen and oxygen atoms in total.